The van der Waals surface area contributed by atoms with Crippen molar-refractivity contribution in [3.8, 4) is 0 Å². The molecule has 2 aromatic carbocycles. The van der Waals surface area contributed by atoms with Crippen molar-refractivity contribution in [3.05, 3.63) is 59.6 Å². The molecule has 0 saturated heterocycles. The number of nitrogens with zero attached hydrogens (tertiary/aromatic N) is 1. The molecule has 1 aromatic heterocycles. The fourth-order valence-electron chi connectivity index (χ4n) is 2.36. The van der Waals surface area contributed by atoms with Gasteiger partial charge in [0.05, 0.1) is 11.1 Å². The van der Waals surface area contributed by atoms with E-state index in [1.807, 2.05) is 0 Å². The van der Waals surface area contributed by atoms with Gasteiger partial charge >= 0.3 is 0 Å². The summed E-state index contributed by atoms with van der Waals surface area (Å²) in [5.74, 6) is -1.25. The van der Waals surface area contributed by atoms with E-state index in [2.05, 4.69) is 15.8 Å². The molecule has 0 aliphatic heterocycles. The first-order valence-corrected chi connectivity index (χ1v) is 7.73. The summed E-state index contributed by atoms with van der Waals surface area (Å²) in [6, 6.07) is 11.6. The molecule has 6 nitrogen and oxygen atoms in total. The number of hydrogen-bond acceptors (Lipinski definition) is 4. The summed E-state index contributed by atoms with van der Waals surface area (Å²) in [4.78, 5) is 24.0. The number of nitrogens with one attached hydrogen (secondary N) is 2. The highest BCUT2D eigenvalue weighted by molar-refractivity contribution is 6.03. The second-order valence-electron chi connectivity index (χ2n) is 5.57. The first kappa shape index (κ1) is 16.6. The summed E-state index contributed by atoms with van der Waals surface area (Å²) in [6.07, 6.45) is 0.00509. The Balaban J connectivity index is 1.53. The van der Waals surface area contributed by atoms with Gasteiger partial charge in [0, 0.05) is 13.0 Å². The molecule has 25 heavy (non-hydrogen) atoms. The largest absolute Gasteiger partial charge is 0.350 e. The first-order valence-electron chi connectivity index (χ1n) is 7.73. The van der Waals surface area contributed by atoms with Crippen molar-refractivity contribution >= 4 is 28.4 Å². The van der Waals surface area contributed by atoms with E-state index in [0.29, 0.717) is 10.9 Å². The van der Waals surface area contributed by atoms with Crippen LogP contribution in [0.4, 0.5) is 10.1 Å². The fourth-order valence-corrected chi connectivity index (χ4v) is 2.36. The number of carbonyl (C=O) groups is 2. The van der Waals surface area contributed by atoms with Crippen molar-refractivity contribution in [1.29, 1.82) is 0 Å². The average Bonchev–Trinajstić information content (AvgIpc) is 3.01. The lowest BCUT2D eigenvalue weighted by atomic mass is 10.2. The van der Waals surface area contributed by atoms with Gasteiger partial charge in [-0.15, -0.1) is 0 Å². The third kappa shape index (κ3) is 3.82. The van der Waals surface area contributed by atoms with Gasteiger partial charge in [0.25, 0.3) is 5.91 Å². The van der Waals surface area contributed by atoms with E-state index in [4.69, 9.17) is 4.52 Å². The average molecular weight is 341 g/mol. The van der Waals surface area contributed by atoms with Crippen LogP contribution >= 0.6 is 0 Å². The maximum absolute atomic E-state index is 13.7. The number of aromatic nitrogens is 1. The molecular weight excluding hydrogens is 325 g/mol. The smallest absolute Gasteiger partial charge is 0.290 e. The minimum absolute atomic E-state index is 0.00509. The highest BCUT2D eigenvalue weighted by atomic mass is 19.1. The van der Waals surface area contributed by atoms with Crippen molar-refractivity contribution in [1.82, 2.24) is 10.5 Å². The van der Waals surface area contributed by atoms with Crippen LogP contribution in [-0.4, -0.2) is 23.5 Å². The minimum Gasteiger partial charge on any atom is -0.350 e. The van der Waals surface area contributed by atoms with E-state index in [9.17, 15) is 14.0 Å². The third-order valence-electron chi connectivity index (χ3n) is 3.63. The zero-order valence-corrected chi connectivity index (χ0v) is 13.5. The van der Waals surface area contributed by atoms with Crippen molar-refractivity contribution in [2.45, 2.75) is 13.3 Å². The molecule has 3 rings (SSSR count). The topological polar surface area (TPSA) is 84.2 Å². The van der Waals surface area contributed by atoms with Crippen molar-refractivity contribution in [2.75, 3.05) is 11.9 Å². The lowest BCUT2D eigenvalue weighted by molar-refractivity contribution is -0.116. The van der Waals surface area contributed by atoms with Gasteiger partial charge < -0.3 is 15.2 Å². The second-order valence-corrected chi connectivity index (χ2v) is 5.57. The molecule has 0 atom stereocenters. The molecule has 1 heterocycles. The molecule has 0 saturated carbocycles. The van der Waals surface area contributed by atoms with Crippen LogP contribution < -0.4 is 10.6 Å². The van der Waals surface area contributed by atoms with Gasteiger partial charge in [-0.3, -0.25) is 9.59 Å². The molecule has 0 unspecified atom stereocenters. The van der Waals surface area contributed by atoms with Crippen molar-refractivity contribution in [3.63, 3.8) is 0 Å². The molecule has 0 aliphatic carbocycles. The number of anilines is 1. The lowest BCUT2D eigenvalue weighted by Crippen LogP contribution is -2.27. The van der Waals surface area contributed by atoms with Crippen molar-refractivity contribution < 1.29 is 18.5 Å². The molecule has 128 valence electrons. The number of aryl methyl sites for hydroxylation is 1. The standard InChI is InChI=1S/C18H16FN3O3/c1-11-6-7-15(13(19)10-11)21-16(23)8-9-20-18(24)17-12-4-2-3-5-14(12)22-25-17/h2-7,10H,8-9H2,1H3,(H,20,24)(H,21,23). The predicted molar refractivity (Wildman–Crippen MR) is 90.7 cm³/mol. The van der Waals surface area contributed by atoms with Crippen LogP contribution in [0.3, 0.4) is 0 Å². The Morgan fingerprint density at radius 3 is 2.80 bits per heavy atom. The van der Waals surface area contributed by atoms with Crippen LogP contribution in [-0.2, 0) is 4.79 Å². The lowest BCUT2D eigenvalue weighted by Gasteiger charge is -2.07. The Morgan fingerprint density at radius 1 is 1.20 bits per heavy atom. The monoisotopic (exact) mass is 341 g/mol. The number of halogens is 1. The minimum atomic E-state index is -0.495. The van der Waals surface area contributed by atoms with Crippen LogP contribution in [0.2, 0.25) is 0 Å². The van der Waals surface area contributed by atoms with E-state index in [0.717, 1.165) is 5.56 Å². The molecule has 0 spiro atoms. The van der Waals surface area contributed by atoms with Gasteiger partial charge in [0.15, 0.2) is 0 Å². The van der Waals surface area contributed by atoms with Gasteiger partial charge in [-0.05, 0) is 36.8 Å². The second kappa shape index (κ2) is 7.12. The molecule has 3 aromatic rings. The quantitative estimate of drug-likeness (QED) is 0.747. The Hall–Kier alpha value is -3.22. The number of fused-ring (bicyclic) bond motifs is 1. The normalized spacial score (nSPS) is 10.6. The van der Waals surface area contributed by atoms with E-state index in [1.54, 1.807) is 37.3 Å². The number of amides is 2. The van der Waals surface area contributed by atoms with Gasteiger partial charge in [0.1, 0.15) is 11.3 Å². The highest BCUT2D eigenvalue weighted by Gasteiger charge is 2.16. The Kier molecular flexibility index (Phi) is 4.74. The number of benzene rings is 2. The maximum Gasteiger partial charge on any atom is 0.290 e. The van der Waals surface area contributed by atoms with Crippen molar-refractivity contribution in [2.24, 2.45) is 0 Å². The van der Waals surface area contributed by atoms with E-state index in [-0.39, 0.29) is 24.4 Å². The number of carbonyl (C=O) groups excluding carboxylic acids is 2. The Bertz CT molecular complexity index is 936. The maximum atomic E-state index is 13.7. The SMILES string of the molecule is Cc1ccc(NC(=O)CCNC(=O)c2onc3ccccc23)c(F)c1. The Morgan fingerprint density at radius 2 is 2.00 bits per heavy atom. The summed E-state index contributed by atoms with van der Waals surface area (Å²) in [5, 5.41) is 9.47. The van der Waals surface area contributed by atoms with Crippen LogP contribution in [0.15, 0.2) is 47.0 Å². The van der Waals surface area contributed by atoms with E-state index in [1.165, 1.54) is 12.1 Å². The molecular formula is C18H16FN3O3. The molecule has 2 N–H and O–H groups in total. The molecule has 0 bridgehead atoms. The summed E-state index contributed by atoms with van der Waals surface area (Å²) < 4.78 is 18.7. The highest BCUT2D eigenvalue weighted by Crippen LogP contribution is 2.17. The summed E-state index contributed by atoms with van der Waals surface area (Å²) in [5.41, 5.74) is 1.46. The molecule has 0 radical (unpaired) electrons. The zero-order chi connectivity index (χ0) is 17.8. The van der Waals surface area contributed by atoms with E-state index >= 15 is 0 Å². The summed E-state index contributed by atoms with van der Waals surface area (Å²) in [7, 11) is 0. The summed E-state index contributed by atoms with van der Waals surface area (Å²) in [6.45, 7) is 1.85. The van der Waals surface area contributed by atoms with E-state index < -0.39 is 17.6 Å². The van der Waals surface area contributed by atoms with Gasteiger partial charge in [-0.1, -0.05) is 23.4 Å². The van der Waals surface area contributed by atoms with Gasteiger partial charge in [0.2, 0.25) is 11.7 Å². The fraction of sp³-hybridized carbons (Fsp3) is 0.167. The molecule has 7 heteroatoms. The number of rotatable bonds is 5. The molecule has 0 aliphatic rings. The Labute approximate surface area is 143 Å². The first-order chi connectivity index (χ1) is 12.0. The van der Waals surface area contributed by atoms with Gasteiger partial charge in [-0.25, -0.2) is 4.39 Å². The molecule has 0 fully saturated rings. The van der Waals surface area contributed by atoms with Crippen LogP contribution in [0.5, 0.6) is 0 Å². The molecule has 2 amide bonds. The van der Waals surface area contributed by atoms with Crippen LogP contribution in [0.1, 0.15) is 22.5 Å². The number of hydrogen-bond donors (Lipinski definition) is 2. The van der Waals surface area contributed by atoms with Gasteiger partial charge in [-0.2, -0.15) is 0 Å². The third-order valence-corrected chi connectivity index (χ3v) is 3.63. The van der Waals surface area contributed by atoms with Crippen LogP contribution in [0, 0.1) is 12.7 Å². The predicted octanol–water partition coefficient (Wildman–Crippen LogP) is 3.03. The zero-order valence-electron chi connectivity index (χ0n) is 13.5. The van der Waals surface area contributed by atoms with Crippen LogP contribution in [0.25, 0.3) is 10.9 Å². The summed E-state index contributed by atoms with van der Waals surface area (Å²) >= 11 is 0.